The smallest absolute Gasteiger partial charge is 0.187 e. The number of ether oxygens (including phenoxy) is 1. The fourth-order valence-corrected chi connectivity index (χ4v) is 4.14. The predicted molar refractivity (Wildman–Crippen MR) is 118 cm³/mol. The van der Waals surface area contributed by atoms with Gasteiger partial charge in [-0.15, -0.1) is 0 Å². The third-order valence-corrected chi connectivity index (χ3v) is 5.83. The average Bonchev–Trinajstić information content (AvgIpc) is 3.15. The summed E-state index contributed by atoms with van der Waals surface area (Å²) in [5.74, 6) is 1.70. The maximum atomic E-state index is 9.43. The molecule has 0 saturated carbocycles. The minimum atomic E-state index is 0.279. The van der Waals surface area contributed by atoms with Crippen molar-refractivity contribution in [1.29, 1.82) is 5.41 Å². The molecule has 0 radical (unpaired) electrons. The monoisotopic (exact) mass is 397 g/mol. The standard InChI is InChI=1S/C25H23N3O2/c1-15-12-25(26)30-24-11-6-17(13-21(15)24)18-5-9-20-22(27-28-23(20)14-18)10-4-16-2-7-19(29)8-3-16/h2-3,5-9,11,13-15,26,29H,4,10,12H2,1H3,(H,27,28). The van der Waals surface area contributed by atoms with Crippen LogP contribution in [0.4, 0.5) is 0 Å². The molecule has 4 aromatic rings. The van der Waals surface area contributed by atoms with Crippen molar-refractivity contribution in [3.8, 4) is 22.6 Å². The molecule has 1 atom stereocenters. The Kier molecular flexibility index (Phi) is 4.51. The van der Waals surface area contributed by atoms with Gasteiger partial charge < -0.3 is 9.84 Å². The lowest BCUT2D eigenvalue weighted by molar-refractivity contribution is 0.475. The molecule has 1 aliphatic heterocycles. The second-order valence-electron chi connectivity index (χ2n) is 7.98. The zero-order valence-electron chi connectivity index (χ0n) is 16.8. The van der Waals surface area contributed by atoms with Gasteiger partial charge in [0.1, 0.15) is 11.5 Å². The number of phenols is 1. The number of aromatic hydroxyl groups is 1. The summed E-state index contributed by atoms with van der Waals surface area (Å²) in [5.41, 5.74) is 6.67. The van der Waals surface area contributed by atoms with Gasteiger partial charge in [0, 0.05) is 17.5 Å². The number of hydrogen-bond donors (Lipinski definition) is 3. The Morgan fingerprint density at radius 2 is 1.80 bits per heavy atom. The number of rotatable bonds is 4. The van der Waals surface area contributed by atoms with Gasteiger partial charge in [-0.05, 0) is 71.3 Å². The highest BCUT2D eigenvalue weighted by Gasteiger charge is 2.22. The highest BCUT2D eigenvalue weighted by Crippen LogP contribution is 2.37. The van der Waals surface area contributed by atoms with Gasteiger partial charge in [0.15, 0.2) is 5.90 Å². The first-order valence-corrected chi connectivity index (χ1v) is 10.2. The van der Waals surface area contributed by atoms with Crippen molar-refractivity contribution in [2.24, 2.45) is 0 Å². The highest BCUT2D eigenvalue weighted by molar-refractivity contribution is 5.87. The quantitative estimate of drug-likeness (QED) is 0.420. The molecule has 5 heteroatoms. The van der Waals surface area contributed by atoms with Crippen molar-refractivity contribution in [3.63, 3.8) is 0 Å². The molecule has 3 aromatic carbocycles. The Morgan fingerprint density at radius 1 is 1.03 bits per heavy atom. The maximum Gasteiger partial charge on any atom is 0.187 e. The van der Waals surface area contributed by atoms with Crippen LogP contribution in [0.2, 0.25) is 0 Å². The first-order valence-electron chi connectivity index (χ1n) is 10.2. The minimum absolute atomic E-state index is 0.279. The zero-order valence-corrected chi connectivity index (χ0v) is 16.8. The van der Waals surface area contributed by atoms with Gasteiger partial charge in [-0.1, -0.05) is 37.3 Å². The summed E-state index contributed by atoms with van der Waals surface area (Å²) in [5, 5.41) is 26.1. The lowest BCUT2D eigenvalue weighted by atomic mass is 9.91. The fourth-order valence-electron chi connectivity index (χ4n) is 4.14. The third-order valence-electron chi connectivity index (χ3n) is 5.83. The third kappa shape index (κ3) is 3.43. The normalized spacial score (nSPS) is 15.8. The first-order chi connectivity index (χ1) is 14.6. The predicted octanol–water partition coefficient (Wildman–Crippen LogP) is 5.58. The summed E-state index contributed by atoms with van der Waals surface area (Å²) in [4.78, 5) is 0. The van der Waals surface area contributed by atoms with Crippen LogP contribution in [0, 0.1) is 5.41 Å². The van der Waals surface area contributed by atoms with Crippen LogP contribution in [0.15, 0.2) is 60.7 Å². The molecule has 150 valence electrons. The molecule has 30 heavy (non-hydrogen) atoms. The van der Waals surface area contributed by atoms with E-state index in [0.717, 1.165) is 51.9 Å². The van der Waals surface area contributed by atoms with Crippen LogP contribution in [0.3, 0.4) is 0 Å². The van der Waals surface area contributed by atoms with E-state index in [1.807, 2.05) is 24.3 Å². The number of hydrogen-bond acceptors (Lipinski definition) is 4. The van der Waals surface area contributed by atoms with Gasteiger partial charge in [-0.25, -0.2) is 0 Å². The molecule has 3 N–H and O–H groups in total. The molecule has 2 heterocycles. The van der Waals surface area contributed by atoms with Crippen LogP contribution in [0.5, 0.6) is 11.5 Å². The fraction of sp³-hybridized carbons (Fsp3) is 0.200. The number of nitrogens with zero attached hydrogens (tertiary/aromatic N) is 1. The Morgan fingerprint density at radius 3 is 2.63 bits per heavy atom. The number of aromatic nitrogens is 2. The van der Waals surface area contributed by atoms with Gasteiger partial charge in [0.25, 0.3) is 0 Å². The van der Waals surface area contributed by atoms with Gasteiger partial charge >= 0.3 is 0 Å². The SMILES string of the molecule is CC1CC(=N)Oc2ccc(-c3ccc4c(CCc5ccc(O)cc5)[nH]nc4c3)cc21. The van der Waals surface area contributed by atoms with E-state index in [0.29, 0.717) is 18.1 Å². The maximum absolute atomic E-state index is 9.43. The van der Waals surface area contributed by atoms with Gasteiger partial charge in [-0.3, -0.25) is 10.5 Å². The number of nitrogens with one attached hydrogen (secondary N) is 2. The van der Waals surface area contributed by atoms with E-state index in [1.54, 1.807) is 12.1 Å². The number of benzene rings is 3. The second-order valence-corrected chi connectivity index (χ2v) is 7.98. The molecule has 1 unspecified atom stereocenters. The first kappa shape index (κ1) is 18.4. The summed E-state index contributed by atoms with van der Waals surface area (Å²) in [6.45, 7) is 2.14. The molecule has 0 fully saturated rings. The molecular formula is C25H23N3O2. The number of phenolic OH excluding ortho intramolecular Hbond substituents is 1. The molecule has 5 rings (SSSR count). The number of H-pyrrole nitrogens is 1. The molecule has 0 saturated heterocycles. The van der Waals surface area contributed by atoms with E-state index >= 15 is 0 Å². The van der Waals surface area contributed by atoms with E-state index in [2.05, 4.69) is 41.4 Å². The van der Waals surface area contributed by atoms with Crippen LogP contribution in [-0.4, -0.2) is 21.2 Å². The lowest BCUT2D eigenvalue weighted by Gasteiger charge is -2.23. The molecule has 0 aliphatic carbocycles. The van der Waals surface area contributed by atoms with Crippen LogP contribution in [0.25, 0.3) is 22.0 Å². The van der Waals surface area contributed by atoms with Gasteiger partial charge in [0.2, 0.25) is 0 Å². The van der Waals surface area contributed by atoms with Crippen molar-refractivity contribution in [1.82, 2.24) is 10.2 Å². The number of fused-ring (bicyclic) bond motifs is 2. The van der Waals surface area contributed by atoms with Crippen LogP contribution >= 0.6 is 0 Å². The Bertz CT molecular complexity index is 1240. The zero-order chi connectivity index (χ0) is 20.7. The number of aryl methyl sites for hydroxylation is 2. The average molecular weight is 397 g/mol. The topological polar surface area (TPSA) is 82.0 Å². The van der Waals surface area contributed by atoms with Crippen molar-refractivity contribution in [2.45, 2.75) is 32.1 Å². The molecule has 5 nitrogen and oxygen atoms in total. The van der Waals surface area contributed by atoms with Crippen molar-refractivity contribution < 1.29 is 9.84 Å². The van der Waals surface area contributed by atoms with E-state index in [9.17, 15) is 5.11 Å². The van der Waals surface area contributed by atoms with Crippen molar-refractivity contribution >= 4 is 16.8 Å². The summed E-state index contributed by atoms with van der Waals surface area (Å²) in [7, 11) is 0. The Hall–Kier alpha value is -3.60. The Labute approximate surface area is 174 Å². The molecular weight excluding hydrogens is 374 g/mol. The molecule has 1 aromatic heterocycles. The minimum Gasteiger partial charge on any atom is -0.508 e. The van der Waals surface area contributed by atoms with Crippen LogP contribution in [-0.2, 0) is 12.8 Å². The molecule has 0 amide bonds. The summed E-state index contributed by atoms with van der Waals surface area (Å²) < 4.78 is 5.59. The van der Waals surface area contributed by atoms with E-state index in [1.165, 1.54) is 5.56 Å². The summed E-state index contributed by atoms with van der Waals surface area (Å²) >= 11 is 0. The number of aromatic amines is 1. The second kappa shape index (κ2) is 7.34. The largest absolute Gasteiger partial charge is 0.508 e. The lowest BCUT2D eigenvalue weighted by Crippen LogP contribution is -2.17. The van der Waals surface area contributed by atoms with E-state index in [4.69, 9.17) is 10.1 Å². The van der Waals surface area contributed by atoms with Gasteiger partial charge in [-0.2, -0.15) is 5.10 Å². The summed E-state index contributed by atoms with van der Waals surface area (Å²) in [6, 6.07) is 19.9. The van der Waals surface area contributed by atoms with Crippen molar-refractivity contribution in [3.05, 3.63) is 77.5 Å². The van der Waals surface area contributed by atoms with E-state index in [-0.39, 0.29) is 5.92 Å². The van der Waals surface area contributed by atoms with E-state index < -0.39 is 0 Å². The van der Waals surface area contributed by atoms with Crippen molar-refractivity contribution in [2.75, 3.05) is 0 Å². The molecule has 0 bridgehead atoms. The summed E-state index contributed by atoms with van der Waals surface area (Å²) in [6.07, 6.45) is 2.39. The van der Waals surface area contributed by atoms with Crippen LogP contribution in [0.1, 0.15) is 36.1 Å². The Balaban J connectivity index is 1.40. The van der Waals surface area contributed by atoms with Gasteiger partial charge in [0.05, 0.1) is 5.52 Å². The molecule has 1 aliphatic rings. The highest BCUT2D eigenvalue weighted by atomic mass is 16.5. The molecule has 0 spiro atoms. The van der Waals surface area contributed by atoms with Crippen LogP contribution < -0.4 is 4.74 Å².